The van der Waals surface area contributed by atoms with Gasteiger partial charge in [0.2, 0.25) is 0 Å². The number of benzene rings is 2. The fourth-order valence-corrected chi connectivity index (χ4v) is 1.35. The van der Waals surface area contributed by atoms with E-state index in [1.807, 2.05) is 44.2 Å². The lowest BCUT2D eigenvalue weighted by molar-refractivity contribution is 0.481. The first kappa shape index (κ1) is 11.1. The highest BCUT2D eigenvalue weighted by Crippen LogP contribution is 2.25. The normalized spacial score (nSPS) is 8.87. The van der Waals surface area contributed by atoms with Crippen molar-refractivity contribution in [2.45, 2.75) is 13.8 Å². The van der Waals surface area contributed by atoms with Crippen LogP contribution in [0.2, 0.25) is 0 Å². The van der Waals surface area contributed by atoms with Gasteiger partial charge in [-0.15, -0.1) is 0 Å². The van der Waals surface area contributed by atoms with Crippen molar-refractivity contribution >= 4 is 10.8 Å². The van der Waals surface area contributed by atoms with Gasteiger partial charge in [0.05, 0.1) is 11.6 Å². The average molecular weight is 199 g/mol. The number of rotatable bonds is 0. The van der Waals surface area contributed by atoms with Crippen LogP contribution < -0.4 is 0 Å². The number of phenols is 1. The molecule has 0 saturated carbocycles. The minimum Gasteiger partial charge on any atom is -0.507 e. The van der Waals surface area contributed by atoms with E-state index in [4.69, 9.17) is 5.26 Å². The summed E-state index contributed by atoms with van der Waals surface area (Å²) in [4.78, 5) is 0. The van der Waals surface area contributed by atoms with Gasteiger partial charge in [-0.25, -0.2) is 0 Å². The Morgan fingerprint density at radius 1 is 1.13 bits per heavy atom. The number of hydrogen-bond donors (Lipinski definition) is 1. The van der Waals surface area contributed by atoms with E-state index in [0.717, 1.165) is 10.8 Å². The van der Waals surface area contributed by atoms with E-state index in [9.17, 15) is 5.11 Å². The quantitative estimate of drug-likeness (QED) is 0.706. The summed E-state index contributed by atoms with van der Waals surface area (Å²) >= 11 is 0. The summed E-state index contributed by atoms with van der Waals surface area (Å²) in [7, 11) is 0. The number of phenolic OH excluding ortho intramolecular Hbond substituents is 1. The Morgan fingerprint density at radius 3 is 2.47 bits per heavy atom. The molecule has 0 atom stereocenters. The lowest BCUT2D eigenvalue weighted by Crippen LogP contribution is -1.77. The number of nitrogens with zero attached hydrogens (tertiary/aromatic N) is 1. The molecule has 0 radical (unpaired) electrons. The second-order valence-electron chi connectivity index (χ2n) is 2.83. The molecule has 0 amide bonds. The van der Waals surface area contributed by atoms with Crippen LogP contribution in [0.1, 0.15) is 19.4 Å². The zero-order valence-corrected chi connectivity index (χ0v) is 8.86. The first-order valence-electron chi connectivity index (χ1n) is 4.93. The van der Waals surface area contributed by atoms with Crippen LogP contribution in [0.5, 0.6) is 5.75 Å². The Labute approximate surface area is 89.4 Å². The topological polar surface area (TPSA) is 44.0 Å². The lowest BCUT2D eigenvalue weighted by atomic mass is 10.1. The second-order valence-corrected chi connectivity index (χ2v) is 2.83. The van der Waals surface area contributed by atoms with Crippen LogP contribution in [0.4, 0.5) is 0 Å². The van der Waals surface area contributed by atoms with E-state index >= 15 is 0 Å². The Morgan fingerprint density at radius 2 is 1.80 bits per heavy atom. The number of fused-ring (bicyclic) bond motifs is 1. The molecule has 0 saturated heterocycles. The first-order valence-corrected chi connectivity index (χ1v) is 4.93. The van der Waals surface area contributed by atoms with Crippen molar-refractivity contribution in [1.29, 1.82) is 5.26 Å². The third kappa shape index (κ3) is 2.26. The van der Waals surface area contributed by atoms with Crippen LogP contribution in [0.3, 0.4) is 0 Å². The SMILES string of the molecule is CC.N#Cc1cc(O)c2ccccc2c1. The summed E-state index contributed by atoms with van der Waals surface area (Å²) in [5, 5.41) is 19.9. The molecule has 2 rings (SSSR count). The maximum atomic E-state index is 9.53. The molecule has 0 aliphatic carbocycles. The van der Waals surface area contributed by atoms with Crippen molar-refractivity contribution < 1.29 is 5.11 Å². The van der Waals surface area contributed by atoms with Gasteiger partial charge in [-0.1, -0.05) is 38.1 Å². The van der Waals surface area contributed by atoms with E-state index in [0.29, 0.717) is 5.56 Å². The third-order valence-electron chi connectivity index (χ3n) is 1.97. The monoisotopic (exact) mass is 199 g/mol. The summed E-state index contributed by atoms with van der Waals surface area (Å²) in [6.07, 6.45) is 0. The molecular weight excluding hydrogens is 186 g/mol. The lowest BCUT2D eigenvalue weighted by Gasteiger charge is -2.00. The number of aromatic hydroxyl groups is 1. The molecule has 15 heavy (non-hydrogen) atoms. The molecule has 0 heterocycles. The predicted molar refractivity (Wildman–Crippen MR) is 61.7 cm³/mol. The van der Waals surface area contributed by atoms with Crippen LogP contribution in [0, 0.1) is 11.3 Å². The van der Waals surface area contributed by atoms with Crippen LogP contribution in [0.25, 0.3) is 10.8 Å². The van der Waals surface area contributed by atoms with Gasteiger partial charge >= 0.3 is 0 Å². The van der Waals surface area contributed by atoms with Gasteiger partial charge in [-0.05, 0) is 17.5 Å². The van der Waals surface area contributed by atoms with Gasteiger partial charge in [0.25, 0.3) is 0 Å². The summed E-state index contributed by atoms with van der Waals surface area (Å²) in [5.74, 6) is 0.162. The first-order chi connectivity index (χ1) is 7.31. The summed E-state index contributed by atoms with van der Waals surface area (Å²) < 4.78 is 0. The highest BCUT2D eigenvalue weighted by atomic mass is 16.3. The van der Waals surface area contributed by atoms with E-state index in [1.54, 1.807) is 6.07 Å². The van der Waals surface area contributed by atoms with Crippen LogP contribution in [-0.2, 0) is 0 Å². The Balaban J connectivity index is 0.000000531. The summed E-state index contributed by atoms with van der Waals surface area (Å²) in [6, 6.07) is 12.7. The summed E-state index contributed by atoms with van der Waals surface area (Å²) in [6.45, 7) is 4.00. The van der Waals surface area contributed by atoms with Gasteiger partial charge in [0, 0.05) is 5.39 Å². The van der Waals surface area contributed by atoms with Gasteiger partial charge in [0.1, 0.15) is 5.75 Å². The summed E-state index contributed by atoms with van der Waals surface area (Å²) in [5.41, 5.74) is 0.483. The molecule has 2 aromatic carbocycles. The van der Waals surface area contributed by atoms with Crippen molar-refractivity contribution in [3.63, 3.8) is 0 Å². The van der Waals surface area contributed by atoms with Gasteiger partial charge < -0.3 is 5.11 Å². The zero-order chi connectivity index (χ0) is 11.3. The molecule has 0 fully saturated rings. The second kappa shape index (κ2) is 5.02. The van der Waals surface area contributed by atoms with Gasteiger partial charge in [-0.2, -0.15) is 5.26 Å². The standard InChI is InChI=1S/C11H7NO.C2H6/c12-7-8-5-9-3-1-2-4-10(9)11(13)6-8;1-2/h1-6,13H;1-2H3. The van der Waals surface area contributed by atoms with E-state index < -0.39 is 0 Å². The molecule has 76 valence electrons. The minimum atomic E-state index is 0.162. The number of hydrogen-bond acceptors (Lipinski definition) is 2. The molecule has 0 spiro atoms. The van der Waals surface area contributed by atoms with Crippen molar-refractivity contribution in [1.82, 2.24) is 0 Å². The molecule has 0 aromatic heterocycles. The molecule has 0 aliphatic rings. The highest BCUT2D eigenvalue weighted by Gasteiger charge is 2.00. The van der Waals surface area contributed by atoms with Crippen LogP contribution in [0.15, 0.2) is 36.4 Å². The smallest absolute Gasteiger partial charge is 0.124 e. The van der Waals surface area contributed by atoms with Crippen LogP contribution in [-0.4, -0.2) is 5.11 Å². The Hall–Kier alpha value is -2.01. The zero-order valence-electron chi connectivity index (χ0n) is 8.86. The molecule has 2 nitrogen and oxygen atoms in total. The van der Waals surface area contributed by atoms with E-state index in [1.165, 1.54) is 6.07 Å². The molecule has 2 heteroatoms. The van der Waals surface area contributed by atoms with Gasteiger partial charge in [0.15, 0.2) is 0 Å². The molecule has 0 aliphatic heterocycles. The maximum Gasteiger partial charge on any atom is 0.124 e. The van der Waals surface area contributed by atoms with Crippen molar-refractivity contribution in [2.75, 3.05) is 0 Å². The molecular formula is C13H13NO. The van der Waals surface area contributed by atoms with Gasteiger partial charge in [-0.3, -0.25) is 0 Å². The van der Waals surface area contributed by atoms with E-state index in [2.05, 4.69) is 0 Å². The van der Waals surface area contributed by atoms with E-state index in [-0.39, 0.29) is 5.75 Å². The molecule has 2 aromatic rings. The fraction of sp³-hybridized carbons (Fsp3) is 0.154. The largest absolute Gasteiger partial charge is 0.507 e. The van der Waals surface area contributed by atoms with Crippen molar-refractivity contribution in [2.24, 2.45) is 0 Å². The fourth-order valence-electron chi connectivity index (χ4n) is 1.35. The Kier molecular flexibility index (Phi) is 3.70. The van der Waals surface area contributed by atoms with Crippen molar-refractivity contribution in [3.8, 4) is 11.8 Å². The maximum absolute atomic E-state index is 9.53. The average Bonchev–Trinajstić information content (AvgIpc) is 2.31. The highest BCUT2D eigenvalue weighted by molar-refractivity contribution is 5.89. The van der Waals surface area contributed by atoms with Crippen LogP contribution >= 0.6 is 0 Å². The Bertz CT molecular complexity index is 497. The predicted octanol–water partition coefficient (Wildman–Crippen LogP) is 3.44. The minimum absolute atomic E-state index is 0.162. The number of nitriles is 1. The molecule has 1 N–H and O–H groups in total. The van der Waals surface area contributed by atoms with Crippen molar-refractivity contribution in [3.05, 3.63) is 42.0 Å². The molecule has 0 unspecified atom stereocenters. The third-order valence-corrected chi connectivity index (χ3v) is 1.97. The molecule has 0 bridgehead atoms.